The van der Waals surface area contributed by atoms with Gasteiger partial charge in [0, 0.05) is 13.1 Å². The highest BCUT2D eigenvalue weighted by Gasteiger charge is 2.15. The first kappa shape index (κ1) is 18.9. The average Bonchev–Trinajstić information content (AvgIpc) is 3.44. The number of thiophene rings is 1. The SMILES string of the molecule is Cc1oc(-c2cccs2)nc1CC(=O)NCc1ccc(CN2CCCC2)cc1. The van der Waals surface area contributed by atoms with E-state index in [1.807, 2.05) is 24.4 Å². The lowest BCUT2D eigenvalue weighted by molar-refractivity contribution is -0.120. The molecule has 1 aromatic carbocycles. The second-order valence-electron chi connectivity index (χ2n) is 7.25. The standard InChI is InChI=1S/C22H25N3O2S/c1-16-19(24-22(27-16)20-5-4-12-28-20)13-21(26)23-14-17-6-8-18(9-7-17)15-25-10-2-3-11-25/h4-9,12H,2-3,10-11,13-15H2,1H3,(H,23,26). The summed E-state index contributed by atoms with van der Waals surface area (Å²) in [6.07, 6.45) is 2.85. The Hall–Kier alpha value is -2.44. The minimum atomic E-state index is -0.0460. The largest absolute Gasteiger partial charge is 0.440 e. The number of aryl methyl sites for hydroxylation is 1. The van der Waals surface area contributed by atoms with Gasteiger partial charge in [-0.1, -0.05) is 30.3 Å². The Labute approximate surface area is 169 Å². The summed E-state index contributed by atoms with van der Waals surface area (Å²) in [6, 6.07) is 12.4. The Morgan fingerprint density at radius 2 is 1.93 bits per heavy atom. The van der Waals surface area contributed by atoms with E-state index < -0.39 is 0 Å². The first-order valence-corrected chi connectivity index (χ1v) is 10.6. The van der Waals surface area contributed by atoms with Crippen molar-refractivity contribution in [2.24, 2.45) is 0 Å². The highest BCUT2D eigenvalue weighted by molar-refractivity contribution is 7.13. The second kappa shape index (κ2) is 8.71. The van der Waals surface area contributed by atoms with E-state index in [9.17, 15) is 4.79 Å². The molecule has 4 rings (SSSR count). The van der Waals surface area contributed by atoms with Crippen LogP contribution in [-0.4, -0.2) is 28.9 Å². The summed E-state index contributed by atoms with van der Waals surface area (Å²) in [4.78, 5) is 20.3. The summed E-state index contributed by atoms with van der Waals surface area (Å²) in [7, 11) is 0. The fraction of sp³-hybridized carbons (Fsp3) is 0.364. The van der Waals surface area contributed by atoms with Crippen LogP contribution in [0.25, 0.3) is 10.8 Å². The van der Waals surface area contributed by atoms with Gasteiger partial charge in [-0.05, 0) is 55.4 Å². The van der Waals surface area contributed by atoms with E-state index in [0.29, 0.717) is 23.9 Å². The normalized spacial score (nSPS) is 14.5. The first-order chi connectivity index (χ1) is 13.7. The molecule has 3 heterocycles. The highest BCUT2D eigenvalue weighted by Crippen LogP contribution is 2.26. The van der Waals surface area contributed by atoms with Crippen molar-refractivity contribution >= 4 is 17.2 Å². The molecule has 1 aliphatic heterocycles. The van der Waals surface area contributed by atoms with Crippen LogP contribution in [0.3, 0.4) is 0 Å². The van der Waals surface area contributed by atoms with Gasteiger partial charge >= 0.3 is 0 Å². The second-order valence-corrected chi connectivity index (χ2v) is 8.20. The number of nitrogens with one attached hydrogen (secondary N) is 1. The third kappa shape index (κ3) is 4.69. The van der Waals surface area contributed by atoms with Gasteiger partial charge in [0.25, 0.3) is 0 Å². The molecule has 28 heavy (non-hydrogen) atoms. The third-order valence-corrected chi connectivity index (χ3v) is 5.93. The topological polar surface area (TPSA) is 58.4 Å². The average molecular weight is 396 g/mol. The van der Waals surface area contributed by atoms with E-state index in [2.05, 4.69) is 39.5 Å². The summed E-state index contributed by atoms with van der Waals surface area (Å²) in [5.74, 6) is 1.24. The number of nitrogens with zero attached hydrogens (tertiary/aromatic N) is 2. The Morgan fingerprint density at radius 3 is 2.64 bits per heavy atom. The molecule has 146 valence electrons. The van der Waals surface area contributed by atoms with E-state index in [1.54, 1.807) is 11.3 Å². The summed E-state index contributed by atoms with van der Waals surface area (Å²) in [5, 5.41) is 4.97. The van der Waals surface area contributed by atoms with Crippen molar-refractivity contribution in [3.8, 4) is 10.8 Å². The smallest absolute Gasteiger partial charge is 0.236 e. The molecule has 3 aromatic rings. The third-order valence-electron chi connectivity index (χ3n) is 5.07. The Bertz CT molecular complexity index is 910. The maximum atomic E-state index is 12.3. The van der Waals surface area contributed by atoms with Crippen molar-refractivity contribution in [1.29, 1.82) is 0 Å². The molecular formula is C22H25N3O2S. The molecule has 1 N–H and O–H groups in total. The fourth-order valence-corrected chi connectivity index (χ4v) is 4.12. The van der Waals surface area contributed by atoms with E-state index in [1.165, 1.54) is 31.5 Å². The van der Waals surface area contributed by atoms with Crippen LogP contribution < -0.4 is 5.32 Å². The predicted molar refractivity (Wildman–Crippen MR) is 111 cm³/mol. The molecule has 1 amide bonds. The molecular weight excluding hydrogens is 370 g/mol. The number of hydrogen-bond acceptors (Lipinski definition) is 5. The first-order valence-electron chi connectivity index (χ1n) is 9.74. The summed E-state index contributed by atoms with van der Waals surface area (Å²) in [6.45, 7) is 5.80. The maximum Gasteiger partial charge on any atom is 0.236 e. The molecule has 0 radical (unpaired) electrons. The number of likely N-dealkylation sites (tertiary alicyclic amines) is 1. The predicted octanol–water partition coefficient (Wildman–Crippen LogP) is 4.17. The van der Waals surface area contributed by atoms with Crippen LogP contribution in [0, 0.1) is 6.92 Å². The quantitative estimate of drug-likeness (QED) is 0.652. The molecule has 1 saturated heterocycles. The Balaban J connectivity index is 1.28. The molecule has 0 spiro atoms. The zero-order chi connectivity index (χ0) is 19.3. The van der Waals surface area contributed by atoms with Gasteiger partial charge in [-0.3, -0.25) is 9.69 Å². The van der Waals surface area contributed by atoms with Crippen molar-refractivity contribution in [1.82, 2.24) is 15.2 Å². The number of amides is 1. The van der Waals surface area contributed by atoms with Crippen molar-refractivity contribution in [3.05, 3.63) is 64.4 Å². The molecule has 2 aromatic heterocycles. The van der Waals surface area contributed by atoms with Gasteiger partial charge in [-0.2, -0.15) is 0 Å². The molecule has 0 atom stereocenters. The summed E-state index contributed by atoms with van der Waals surface area (Å²) >= 11 is 1.58. The lowest BCUT2D eigenvalue weighted by Crippen LogP contribution is -2.25. The van der Waals surface area contributed by atoms with E-state index >= 15 is 0 Å². The Morgan fingerprint density at radius 1 is 1.18 bits per heavy atom. The zero-order valence-corrected chi connectivity index (χ0v) is 16.9. The fourth-order valence-electron chi connectivity index (χ4n) is 3.47. The van der Waals surface area contributed by atoms with Crippen LogP contribution in [0.4, 0.5) is 0 Å². The summed E-state index contributed by atoms with van der Waals surface area (Å²) < 4.78 is 5.71. The van der Waals surface area contributed by atoms with Crippen molar-refractivity contribution < 1.29 is 9.21 Å². The van der Waals surface area contributed by atoms with Crippen LogP contribution >= 0.6 is 11.3 Å². The van der Waals surface area contributed by atoms with Gasteiger partial charge in [-0.25, -0.2) is 4.98 Å². The molecule has 6 heteroatoms. The number of rotatable bonds is 7. The van der Waals surface area contributed by atoms with Crippen molar-refractivity contribution in [2.45, 2.75) is 39.3 Å². The molecule has 5 nitrogen and oxygen atoms in total. The van der Waals surface area contributed by atoms with Crippen LogP contribution in [0.5, 0.6) is 0 Å². The van der Waals surface area contributed by atoms with E-state index in [-0.39, 0.29) is 12.3 Å². The number of benzene rings is 1. The van der Waals surface area contributed by atoms with Gasteiger partial charge in [0.05, 0.1) is 17.0 Å². The van der Waals surface area contributed by atoms with Gasteiger partial charge in [0.2, 0.25) is 11.8 Å². The number of aromatic nitrogens is 1. The minimum Gasteiger partial charge on any atom is -0.440 e. The minimum absolute atomic E-state index is 0.0460. The number of carbonyl (C=O) groups is 1. The van der Waals surface area contributed by atoms with Crippen molar-refractivity contribution in [3.63, 3.8) is 0 Å². The van der Waals surface area contributed by atoms with Gasteiger partial charge < -0.3 is 9.73 Å². The Kier molecular flexibility index (Phi) is 5.88. The lowest BCUT2D eigenvalue weighted by atomic mass is 10.1. The number of hydrogen-bond donors (Lipinski definition) is 1. The molecule has 0 saturated carbocycles. The van der Waals surface area contributed by atoms with Crippen LogP contribution in [0.1, 0.15) is 35.4 Å². The number of oxazole rings is 1. The summed E-state index contributed by atoms with van der Waals surface area (Å²) in [5.41, 5.74) is 3.13. The van der Waals surface area contributed by atoms with E-state index in [4.69, 9.17) is 4.42 Å². The number of carbonyl (C=O) groups excluding carboxylic acids is 1. The molecule has 1 fully saturated rings. The van der Waals surface area contributed by atoms with Crippen LogP contribution in [0.2, 0.25) is 0 Å². The van der Waals surface area contributed by atoms with Crippen LogP contribution in [0.15, 0.2) is 46.2 Å². The lowest BCUT2D eigenvalue weighted by Gasteiger charge is -2.14. The highest BCUT2D eigenvalue weighted by atomic mass is 32.1. The van der Waals surface area contributed by atoms with Crippen molar-refractivity contribution in [2.75, 3.05) is 13.1 Å². The monoisotopic (exact) mass is 395 g/mol. The van der Waals surface area contributed by atoms with Gasteiger partial charge in [0.1, 0.15) is 5.76 Å². The molecule has 0 aliphatic carbocycles. The van der Waals surface area contributed by atoms with E-state index in [0.717, 1.165) is 17.0 Å². The molecule has 0 unspecified atom stereocenters. The zero-order valence-electron chi connectivity index (χ0n) is 16.1. The maximum absolute atomic E-state index is 12.3. The molecule has 1 aliphatic rings. The van der Waals surface area contributed by atoms with Crippen LogP contribution in [-0.2, 0) is 24.3 Å². The van der Waals surface area contributed by atoms with Gasteiger partial charge in [0.15, 0.2) is 0 Å². The van der Waals surface area contributed by atoms with Gasteiger partial charge in [-0.15, -0.1) is 11.3 Å². The molecule has 0 bridgehead atoms.